The Labute approximate surface area is 191 Å². The number of hydrogen-bond donors (Lipinski definition) is 1. The third kappa shape index (κ3) is 6.65. The summed E-state index contributed by atoms with van der Waals surface area (Å²) in [6, 6.07) is 22.2. The molecule has 3 aromatic rings. The van der Waals surface area contributed by atoms with Gasteiger partial charge in [-0.15, -0.1) is 0 Å². The van der Waals surface area contributed by atoms with Crippen LogP contribution in [0.25, 0.3) is 22.3 Å². The van der Waals surface area contributed by atoms with Crippen molar-refractivity contribution >= 4 is 5.91 Å². The van der Waals surface area contributed by atoms with E-state index in [0.29, 0.717) is 12.1 Å². The smallest absolute Gasteiger partial charge is 0.243 e. The van der Waals surface area contributed by atoms with E-state index in [4.69, 9.17) is 0 Å². The number of unbranched alkanes of at least 4 members (excludes halogenated alkanes) is 2. The van der Waals surface area contributed by atoms with Gasteiger partial charge in [0.25, 0.3) is 0 Å². The SMILES string of the molecule is C=CC(=O)NCCCc1ccc(-c2ccc(-c3ccc(CCCCC)cc3F)cc2)cc1. The summed E-state index contributed by atoms with van der Waals surface area (Å²) in [7, 11) is 0. The third-order valence-corrected chi connectivity index (χ3v) is 5.71. The lowest BCUT2D eigenvalue weighted by molar-refractivity contribution is -0.116. The Bertz CT molecular complexity index is 1020. The van der Waals surface area contributed by atoms with E-state index < -0.39 is 0 Å². The van der Waals surface area contributed by atoms with E-state index in [0.717, 1.165) is 47.9 Å². The molecule has 0 aliphatic rings. The second-order valence-electron chi connectivity index (χ2n) is 8.14. The Morgan fingerprint density at radius 3 is 2.06 bits per heavy atom. The zero-order valence-corrected chi connectivity index (χ0v) is 18.9. The Kier molecular flexibility index (Phi) is 8.79. The number of carbonyl (C=O) groups is 1. The summed E-state index contributed by atoms with van der Waals surface area (Å²) < 4.78 is 14.7. The van der Waals surface area contributed by atoms with E-state index in [-0.39, 0.29) is 11.7 Å². The number of hydrogen-bond acceptors (Lipinski definition) is 1. The molecule has 0 aromatic heterocycles. The van der Waals surface area contributed by atoms with Crippen LogP contribution in [0.3, 0.4) is 0 Å². The molecule has 2 nitrogen and oxygen atoms in total. The van der Waals surface area contributed by atoms with Crippen molar-refractivity contribution in [3.05, 3.63) is 96.3 Å². The van der Waals surface area contributed by atoms with Crippen LogP contribution in [-0.4, -0.2) is 12.5 Å². The first kappa shape index (κ1) is 23.5. The van der Waals surface area contributed by atoms with E-state index >= 15 is 0 Å². The van der Waals surface area contributed by atoms with Crippen LogP contribution in [0, 0.1) is 5.82 Å². The quantitative estimate of drug-likeness (QED) is 0.255. The molecule has 0 saturated carbocycles. The van der Waals surface area contributed by atoms with Gasteiger partial charge in [-0.1, -0.05) is 87.0 Å². The van der Waals surface area contributed by atoms with Gasteiger partial charge in [0, 0.05) is 12.1 Å². The summed E-state index contributed by atoms with van der Waals surface area (Å²) in [6.07, 6.45) is 7.47. The van der Waals surface area contributed by atoms with Crippen LogP contribution in [-0.2, 0) is 17.6 Å². The van der Waals surface area contributed by atoms with Crippen molar-refractivity contribution in [3.63, 3.8) is 0 Å². The van der Waals surface area contributed by atoms with Gasteiger partial charge in [0.15, 0.2) is 0 Å². The van der Waals surface area contributed by atoms with Crippen molar-refractivity contribution in [2.24, 2.45) is 0 Å². The molecule has 166 valence electrons. The number of amides is 1. The average molecular weight is 430 g/mol. The Morgan fingerprint density at radius 1 is 0.844 bits per heavy atom. The molecule has 1 N–H and O–H groups in total. The molecule has 0 aliphatic carbocycles. The van der Waals surface area contributed by atoms with Crippen molar-refractivity contribution in [1.82, 2.24) is 5.32 Å². The summed E-state index contributed by atoms with van der Waals surface area (Å²) in [5, 5.41) is 2.79. The van der Waals surface area contributed by atoms with Gasteiger partial charge in [0.1, 0.15) is 5.82 Å². The first-order valence-electron chi connectivity index (χ1n) is 11.5. The van der Waals surface area contributed by atoms with Gasteiger partial charge in [-0.3, -0.25) is 4.79 Å². The molecule has 3 rings (SSSR count). The molecule has 0 atom stereocenters. The van der Waals surface area contributed by atoms with E-state index in [9.17, 15) is 9.18 Å². The monoisotopic (exact) mass is 429 g/mol. The highest BCUT2D eigenvalue weighted by Gasteiger charge is 2.07. The molecule has 0 fully saturated rings. The Balaban J connectivity index is 1.60. The fourth-order valence-electron chi connectivity index (χ4n) is 3.81. The Morgan fingerprint density at radius 2 is 1.44 bits per heavy atom. The molecule has 1 amide bonds. The minimum Gasteiger partial charge on any atom is -0.353 e. The van der Waals surface area contributed by atoms with Crippen LogP contribution < -0.4 is 5.32 Å². The van der Waals surface area contributed by atoms with E-state index in [2.05, 4.69) is 43.1 Å². The van der Waals surface area contributed by atoms with Crippen molar-refractivity contribution in [2.75, 3.05) is 6.54 Å². The standard InChI is InChI=1S/C29H32FNO/c1-3-5-6-8-23-12-19-27(28(30)21-23)26-17-15-25(16-18-26)24-13-10-22(11-14-24)9-7-20-31-29(32)4-2/h4,10-19,21H,2-3,5-9,20H2,1H3,(H,31,32). The van der Waals surface area contributed by atoms with Gasteiger partial charge in [-0.2, -0.15) is 0 Å². The van der Waals surface area contributed by atoms with Gasteiger partial charge in [0.05, 0.1) is 0 Å². The summed E-state index contributed by atoms with van der Waals surface area (Å²) in [5.41, 5.74) is 6.08. The Hall–Kier alpha value is -3.20. The summed E-state index contributed by atoms with van der Waals surface area (Å²) in [5.74, 6) is -0.285. The highest BCUT2D eigenvalue weighted by atomic mass is 19.1. The van der Waals surface area contributed by atoms with Crippen LogP contribution in [0.15, 0.2) is 79.4 Å². The van der Waals surface area contributed by atoms with Crippen LogP contribution in [0.5, 0.6) is 0 Å². The number of halogens is 1. The fraction of sp³-hybridized carbons (Fsp3) is 0.276. The first-order valence-corrected chi connectivity index (χ1v) is 11.5. The topological polar surface area (TPSA) is 29.1 Å². The fourth-order valence-corrected chi connectivity index (χ4v) is 3.81. The summed E-state index contributed by atoms with van der Waals surface area (Å²) >= 11 is 0. The van der Waals surface area contributed by atoms with Gasteiger partial charge >= 0.3 is 0 Å². The zero-order valence-electron chi connectivity index (χ0n) is 18.9. The third-order valence-electron chi connectivity index (χ3n) is 5.71. The molecule has 3 heteroatoms. The first-order chi connectivity index (χ1) is 15.6. The van der Waals surface area contributed by atoms with Gasteiger partial charge in [-0.25, -0.2) is 4.39 Å². The maximum atomic E-state index is 14.7. The van der Waals surface area contributed by atoms with E-state index in [1.165, 1.54) is 24.5 Å². The van der Waals surface area contributed by atoms with Crippen LogP contribution >= 0.6 is 0 Å². The van der Waals surface area contributed by atoms with Crippen molar-refractivity contribution in [1.29, 1.82) is 0 Å². The van der Waals surface area contributed by atoms with Gasteiger partial charge in [-0.05, 0) is 65.6 Å². The summed E-state index contributed by atoms with van der Waals surface area (Å²) in [6.45, 7) is 6.27. The molecule has 0 saturated heterocycles. The molecule has 0 radical (unpaired) electrons. The van der Waals surface area contributed by atoms with Crippen LogP contribution in [0.2, 0.25) is 0 Å². The molecular weight excluding hydrogens is 397 g/mol. The predicted molar refractivity (Wildman–Crippen MR) is 132 cm³/mol. The lowest BCUT2D eigenvalue weighted by Gasteiger charge is -2.09. The molecule has 3 aromatic carbocycles. The van der Waals surface area contributed by atoms with Crippen molar-refractivity contribution in [2.45, 2.75) is 45.4 Å². The van der Waals surface area contributed by atoms with Gasteiger partial charge < -0.3 is 5.32 Å². The number of carbonyl (C=O) groups excluding carboxylic acids is 1. The molecule has 0 heterocycles. The predicted octanol–water partition coefficient (Wildman–Crippen LogP) is 7.13. The van der Waals surface area contributed by atoms with E-state index in [1.54, 1.807) is 6.07 Å². The maximum absolute atomic E-state index is 14.7. The molecule has 0 spiro atoms. The molecule has 0 bridgehead atoms. The maximum Gasteiger partial charge on any atom is 0.243 e. The van der Waals surface area contributed by atoms with Gasteiger partial charge in [0.2, 0.25) is 5.91 Å². The normalized spacial score (nSPS) is 10.7. The molecule has 32 heavy (non-hydrogen) atoms. The molecule has 0 unspecified atom stereocenters. The second kappa shape index (κ2) is 12.0. The summed E-state index contributed by atoms with van der Waals surface area (Å²) in [4.78, 5) is 11.2. The second-order valence-corrected chi connectivity index (χ2v) is 8.14. The minimum atomic E-state index is -0.152. The van der Waals surface area contributed by atoms with Crippen LogP contribution in [0.1, 0.15) is 43.7 Å². The average Bonchev–Trinajstić information content (AvgIpc) is 2.82. The number of aryl methyl sites for hydroxylation is 2. The molecule has 0 aliphatic heterocycles. The van der Waals surface area contributed by atoms with E-state index in [1.807, 2.05) is 36.4 Å². The highest BCUT2D eigenvalue weighted by molar-refractivity contribution is 5.86. The molecular formula is C29H32FNO. The zero-order chi connectivity index (χ0) is 22.8. The minimum absolute atomic E-state index is 0.133. The van der Waals surface area contributed by atoms with Crippen molar-refractivity contribution in [3.8, 4) is 22.3 Å². The number of nitrogens with one attached hydrogen (secondary N) is 1. The van der Waals surface area contributed by atoms with Crippen molar-refractivity contribution < 1.29 is 9.18 Å². The number of benzene rings is 3. The highest BCUT2D eigenvalue weighted by Crippen LogP contribution is 2.28. The lowest BCUT2D eigenvalue weighted by atomic mass is 9.97. The van der Waals surface area contributed by atoms with Crippen LogP contribution in [0.4, 0.5) is 4.39 Å². The lowest BCUT2D eigenvalue weighted by Crippen LogP contribution is -2.22. The number of rotatable bonds is 11. The largest absolute Gasteiger partial charge is 0.353 e.